The Morgan fingerprint density at radius 1 is 1.18 bits per heavy atom. The van der Waals surface area contributed by atoms with Crippen LogP contribution in [0.3, 0.4) is 0 Å². The van der Waals surface area contributed by atoms with Gasteiger partial charge in [0.05, 0.1) is 29.0 Å². The van der Waals surface area contributed by atoms with Gasteiger partial charge in [-0.2, -0.15) is 0 Å². The molecular weight excluding hydrogens is 424 g/mol. The monoisotopic (exact) mass is 450 g/mol. The molecule has 1 aliphatic heterocycles. The minimum atomic E-state index is -0.569. The standard InChI is InChI=1S/C23H20N2O6.C2H6/c1-14(27)30-13-17-20(31-21(28)8-4-5-9-26)11-19-22-16(12-25(19)23(17)29)10-15-6-2-3-7-18(15)24-22;1-2/h2-3,6-7,9-11H,4-5,8,12-13H2,1H3;1-2H3. The predicted molar refractivity (Wildman–Crippen MR) is 123 cm³/mol. The lowest BCUT2D eigenvalue weighted by Crippen LogP contribution is -2.25. The summed E-state index contributed by atoms with van der Waals surface area (Å²) < 4.78 is 12.0. The van der Waals surface area contributed by atoms with Crippen LogP contribution >= 0.6 is 0 Å². The third-order valence-electron chi connectivity index (χ3n) is 5.08. The number of unbranched alkanes of at least 4 members (excludes halogenated alkanes) is 1. The molecular formula is C25H26N2O6. The van der Waals surface area contributed by atoms with E-state index in [0.717, 1.165) is 22.8 Å². The van der Waals surface area contributed by atoms with Crippen LogP contribution in [0.15, 0.2) is 41.2 Å². The van der Waals surface area contributed by atoms with E-state index in [9.17, 15) is 19.2 Å². The summed E-state index contributed by atoms with van der Waals surface area (Å²) >= 11 is 0. The average Bonchev–Trinajstić information content (AvgIpc) is 3.16. The highest BCUT2D eigenvalue weighted by molar-refractivity contribution is 5.84. The molecule has 0 N–H and O–H groups in total. The zero-order valence-corrected chi connectivity index (χ0v) is 18.9. The maximum atomic E-state index is 13.2. The van der Waals surface area contributed by atoms with Gasteiger partial charge >= 0.3 is 11.9 Å². The van der Waals surface area contributed by atoms with Gasteiger partial charge in [0, 0.05) is 36.8 Å². The molecule has 0 unspecified atom stereocenters. The first-order valence-corrected chi connectivity index (χ1v) is 10.9. The summed E-state index contributed by atoms with van der Waals surface area (Å²) in [4.78, 5) is 51.9. The first-order valence-electron chi connectivity index (χ1n) is 10.9. The number of carbonyl (C=O) groups is 3. The van der Waals surface area contributed by atoms with Crippen LogP contribution in [0.1, 0.15) is 51.2 Å². The lowest BCUT2D eigenvalue weighted by molar-refractivity contribution is -0.142. The summed E-state index contributed by atoms with van der Waals surface area (Å²) in [5, 5.41) is 0.962. The second-order valence-corrected chi connectivity index (χ2v) is 7.27. The Morgan fingerprint density at radius 3 is 2.67 bits per heavy atom. The Hall–Kier alpha value is -3.81. The Morgan fingerprint density at radius 2 is 1.94 bits per heavy atom. The Kier molecular flexibility index (Phi) is 7.71. The molecule has 3 heterocycles. The molecule has 0 saturated heterocycles. The van der Waals surface area contributed by atoms with Crippen LogP contribution in [0.2, 0.25) is 0 Å². The third kappa shape index (κ3) is 5.16. The Labute approximate surface area is 191 Å². The van der Waals surface area contributed by atoms with Crippen LogP contribution in [0.5, 0.6) is 5.75 Å². The van der Waals surface area contributed by atoms with E-state index in [2.05, 4.69) is 0 Å². The van der Waals surface area contributed by atoms with E-state index in [-0.39, 0.29) is 30.8 Å². The first-order chi connectivity index (χ1) is 16.0. The van der Waals surface area contributed by atoms with Crippen molar-refractivity contribution in [2.75, 3.05) is 0 Å². The van der Waals surface area contributed by atoms with Crippen molar-refractivity contribution in [1.82, 2.24) is 9.55 Å². The molecule has 4 rings (SSSR count). The Bertz CT molecular complexity index is 1260. The molecule has 1 aromatic carbocycles. The molecule has 0 spiro atoms. The summed E-state index contributed by atoms with van der Waals surface area (Å²) in [6, 6.07) is 11.2. The fraction of sp³-hybridized carbons (Fsp3) is 0.320. The van der Waals surface area contributed by atoms with Crippen LogP contribution in [0.25, 0.3) is 22.3 Å². The maximum absolute atomic E-state index is 13.2. The van der Waals surface area contributed by atoms with Gasteiger partial charge < -0.3 is 18.8 Å². The predicted octanol–water partition coefficient (Wildman–Crippen LogP) is 3.79. The van der Waals surface area contributed by atoms with Crippen molar-refractivity contribution >= 4 is 29.1 Å². The highest BCUT2D eigenvalue weighted by Gasteiger charge is 2.27. The van der Waals surface area contributed by atoms with Crippen molar-refractivity contribution in [3.05, 3.63) is 57.9 Å². The molecule has 3 aromatic rings. The van der Waals surface area contributed by atoms with Gasteiger partial charge in [0.25, 0.3) is 5.56 Å². The van der Waals surface area contributed by atoms with Gasteiger partial charge in [0.1, 0.15) is 18.6 Å². The van der Waals surface area contributed by atoms with Gasteiger partial charge in [0.2, 0.25) is 0 Å². The van der Waals surface area contributed by atoms with Crippen LogP contribution in [-0.2, 0) is 32.3 Å². The summed E-state index contributed by atoms with van der Waals surface area (Å²) in [5.74, 6) is -1.08. The molecule has 2 aromatic heterocycles. The van der Waals surface area contributed by atoms with E-state index >= 15 is 0 Å². The SMILES string of the molecule is CC.CC(=O)OCc1c(OC(=O)CCCC=O)cc2n(c1=O)Cc1cc3ccccc3nc1-2. The van der Waals surface area contributed by atoms with Crippen molar-refractivity contribution in [3.63, 3.8) is 0 Å². The smallest absolute Gasteiger partial charge is 0.311 e. The minimum absolute atomic E-state index is 0.0314. The van der Waals surface area contributed by atoms with Gasteiger partial charge in [-0.3, -0.25) is 14.4 Å². The molecule has 33 heavy (non-hydrogen) atoms. The highest BCUT2D eigenvalue weighted by atomic mass is 16.5. The zero-order valence-electron chi connectivity index (χ0n) is 18.9. The number of benzene rings is 1. The summed E-state index contributed by atoms with van der Waals surface area (Å²) in [5.41, 5.74) is 2.53. The molecule has 0 atom stereocenters. The number of carbonyl (C=O) groups excluding carboxylic acids is 3. The molecule has 0 radical (unpaired) electrons. The summed E-state index contributed by atoms with van der Waals surface area (Å²) in [7, 11) is 0. The van der Waals surface area contributed by atoms with E-state index in [1.807, 2.05) is 44.2 Å². The van der Waals surface area contributed by atoms with Crippen LogP contribution in [0, 0.1) is 0 Å². The zero-order chi connectivity index (χ0) is 24.0. The first kappa shape index (κ1) is 23.8. The maximum Gasteiger partial charge on any atom is 0.311 e. The molecule has 8 nitrogen and oxygen atoms in total. The molecule has 1 aliphatic rings. The third-order valence-corrected chi connectivity index (χ3v) is 5.08. The second-order valence-electron chi connectivity index (χ2n) is 7.27. The number of hydrogen-bond donors (Lipinski definition) is 0. The molecule has 172 valence electrons. The normalized spacial score (nSPS) is 11.1. The molecule has 0 amide bonds. The van der Waals surface area contributed by atoms with Gasteiger partial charge in [-0.15, -0.1) is 0 Å². The van der Waals surface area contributed by atoms with E-state index < -0.39 is 17.5 Å². The number of pyridine rings is 2. The number of nitrogens with zero attached hydrogens (tertiary/aromatic N) is 2. The quantitative estimate of drug-likeness (QED) is 0.240. The number of hydrogen-bond acceptors (Lipinski definition) is 7. The second kappa shape index (κ2) is 10.7. The largest absolute Gasteiger partial charge is 0.461 e. The molecule has 8 heteroatoms. The molecule has 0 aliphatic carbocycles. The van der Waals surface area contributed by atoms with E-state index in [1.165, 1.54) is 6.92 Å². The number of rotatable bonds is 7. The number of aromatic nitrogens is 2. The number of esters is 2. The number of ether oxygens (including phenoxy) is 2. The fourth-order valence-corrected chi connectivity index (χ4v) is 3.59. The van der Waals surface area contributed by atoms with E-state index in [4.69, 9.17) is 14.5 Å². The van der Waals surface area contributed by atoms with Crippen molar-refractivity contribution in [1.29, 1.82) is 0 Å². The van der Waals surface area contributed by atoms with Crippen molar-refractivity contribution in [2.24, 2.45) is 0 Å². The molecule has 0 fully saturated rings. The van der Waals surface area contributed by atoms with Gasteiger partial charge in [-0.05, 0) is 18.6 Å². The lowest BCUT2D eigenvalue weighted by atomic mass is 10.1. The average molecular weight is 450 g/mol. The number of para-hydroxylation sites is 1. The van der Waals surface area contributed by atoms with Gasteiger partial charge in [-0.1, -0.05) is 32.0 Å². The topological polar surface area (TPSA) is 105 Å². The van der Waals surface area contributed by atoms with Gasteiger partial charge in [0.15, 0.2) is 0 Å². The molecule has 0 bridgehead atoms. The van der Waals surface area contributed by atoms with E-state index in [1.54, 1.807) is 10.6 Å². The Balaban J connectivity index is 0.00000149. The van der Waals surface area contributed by atoms with Crippen molar-refractivity contribution < 1.29 is 23.9 Å². The van der Waals surface area contributed by atoms with Crippen LogP contribution in [-0.4, -0.2) is 27.8 Å². The summed E-state index contributed by atoms with van der Waals surface area (Å²) in [6.07, 6.45) is 1.35. The number of aldehydes is 1. The lowest BCUT2D eigenvalue weighted by Gasteiger charge is -2.13. The minimum Gasteiger partial charge on any atom is -0.461 e. The highest BCUT2D eigenvalue weighted by Crippen LogP contribution is 2.34. The van der Waals surface area contributed by atoms with Crippen molar-refractivity contribution in [3.8, 4) is 17.1 Å². The number of fused-ring (bicyclic) bond motifs is 4. The van der Waals surface area contributed by atoms with Crippen molar-refractivity contribution in [2.45, 2.75) is 53.2 Å². The van der Waals surface area contributed by atoms with E-state index in [0.29, 0.717) is 24.4 Å². The van der Waals surface area contributed by atoms with Gasteiger partial charge in [-0.25, -0.2) is 4.98 Å². The fourth-order valence-electron chi connectivity index (χ4n) is 3.59. The van der Waals surface area contributed by atoms with Crippen LogP contribution in [0.4, 0.5) is 0 Å². The van der Waals surface area contributed by atoms with Crippen LogP contribution < -0.4 is 10.3 Å². The molecule has 0 saturated carbocycles. The summed E-state index contributed by atoms with van der Waals surface area (Å²) in [6.45, 7) is 5.25.